The number of piperazine rings is 1. The highest BCUT2D eigenvalue weighted by Gasteiger charge is 2.33. The zero-order valence-electron chi connectivity index (χ0n) is 23.1. The van der Waals surface area contributed by atoms with Crippen LogP contribution in [0, 0.1) is 11.6 Å². The van der Waals surface area contributed by atoms with Gasteiger partial charge in [-0.05, 0) is 36.8 Å². The number of hydrogen-bond donors (Lipinski definition) is 3. The highest BCUT2D eigenvalue weighted by Crippen LogP contribution is 2.32. The Labute approximate surface area is 254 Å². The number of amides is 2. The number of carbonyl (C=O) groups excluding carboxylic acids is 2. The van der Waals surface area contributed by atoms with Crippen molar-refractivity contribution in [1.29, 1.82) is 0 Å². The van der Waals surface area contributed by atoms with Gasteiger partial charge < -0.3 is 30.3 Å². The van der Waals surface area contributed by atoms with Gasteiger partial charge in [0.1, 0.15) is 0 Å². The van der Waals surface area contributed by atoms with E-state index in [0.717, 1.165) is 6.07 Å². The summed E-state index contributed by atoms with van der Waals surface area (Å²) in [5, 5.41) is 16.0. The van der Waals surface area contributed by atoms with E-state index in [1.54, 1.807) is 28.0 Å². The number of alkyl halides is 1. The number of carbonyl (C=O) groups is 2. The first-order chi connectivity index (χ1) is 21.2. The molecule has 2 fully saturated rings. The number of aliphatic hydroxyl groups excluding tert-OH is 1. The van der Waals surface area contributed by atoms with E-state index < -0.39 is 36.4 Å². The summed E-state index contributed by atoms with van der Waals surface area (Å²) in [5.41, 5.74) is 1.22. The van der Waals surface area contributed by atoms with Gasteiger partial charge in [-0.15, -0.1) is 0 Å². The van der Waals surface area contributed by atoms with Crippen LogP contribution in [0.3, 0.4) is 0 Å². The predicted octanol–water partition coefficient (Wildman–Crippen LogP) is 3.38. The average Bonchev–Trinajstić information content (AvgIpc) is 3.66. The topological polar surface area (TPSA) is 124 Å². The Hall–Kier alpha value is -4.40. The van der Waals surface area contributed by atoms with E-state index in [0.29, 0.717) is 56.0 Å². The molecule has 2 aliphatic rings. The summed E-state index contributed by atoms with van der Waals surface area (Å²) in [5.74, 6) is -3.12. The molecule has 2 aromatic heterocycles. The Bertz CT molecular complexity index is 1730. The van der Waals surface area contributed by atoms with Crippen molar-refractivity contribution in [2.75, 3.05) is 44.9 Å². The van der Waals surface area contributed by atoms with Crippen molar-refractivity contribution in [3.63, 3.8) is 0 Å². The van der Waals surface area contributed by atoms with E-state index in [9.17, 15) is 27.9 Å². The number of fused-ring (bicyclic) bond motifs is 1. The highest BCUT2D eigenvalue weighted by molar-refractivity contribution is 6.34. The van der Waals surface area contributed by atoms with E-state index in [1.165, 1.54) is 29.1 Å². The van der Waals surface area contributed by atoms with Gasteiger partial charge in [-0.1, -0.05) is 11.6 Å². The first kappa shape index (κ1) is 29.7. The van der Waals surface area contributed by atoms with Gasteiger partial charge in [0, 0.05) is 56.4 Å². The SMILES string of the molecule is O=C(c1ccc(Nc2nccn3c(-c4ccc(OCF)c(F)c4F)cnc23)cc1Cl)N1CCN(C(=O)[C@@H]2C[C@@H](O)CN2)CC1. The lowest BCUT2D eigenvalue weighted by Gasteiger charge is -2.36. The van der Waals surface area contributed by atoms with Gasteiger partial charge >= 0.3 is 0 Å². The molecule has 0 spiro atoms. The van der Waals surface area contributed by atoms with E-state index >= 15 is 0 Å². The minimum atomic E-state index is -1.32. The van der Waals surface area contributed by atoms with Gasteiger partial charge in [0.25, 0.3) is 5.91 Å². The third-order valence-electron chi connectivity index (χ3n) is 7.71. The lowest BCUT2D eigenvalue weighted by molar-refractivity contribution is -0.134. The third kappa shape index (κ3) is 5.63. The van der Waals surface area contributed by atoms with Crippen LogP contribution in [0.25, 0.3) is 16.9 Å². The number of nitrogens with one attached hydrogen (secondary N) is 2. The monoisotopic (exact) mass is 629 g/mol. The molecule has 0 bridgehead atoms. The lowest BCUT2D eigenvalue weighted by atomic mass is 10.1. The van der Waals surface area contributed by atoms with Gasteiger partial charge in [0.15, 0.2) is 23.0 Å². The molecule has 2 atom stereocenters. The van der Waals surface area contributed by atoms with Crippen LogP contribution >= 0.6 is 11.6 Å². The zero-order chi connectivity index (χ0) is 31.0. The molecule has 15 heteroatoms. The summed E-state index contributed by atoms with van der Waals surface area (Å²) in [6.45, 7) is 0.548. The average molecular weight is 630 g/mol. The van der Waals surface area contributed by atoms with Crippen LogP contribution in [-0.2, 0) is 4.79 Å². The molecule has 0 aliphatic carbocycles. The lowest BCUT2D eigenvalue weighted by Crippen LogP contribution is -2.54. The second kappa shape index (κ2) is 12.3. The number of β-amino-alcohol motifs (C(OH)–C–C–N with tert-alkyl or cyclic N) is 1. The predicted molar refractivity (Wildman–Crippen MR) is 155 cm³/mol. The minimum absolute atomic E-state index is 0.0753. The van der Waals surface area contributed by atoms with Crippen LogP contribution in [0.2, 0.25) is 5.02 Å². The number of halogens is 4. The van der Waals surface area contributed by atoms with Crippen molar-refractivity contribution in [3.05, 3.63) is 71.1 Å². The van der Waals surface area contributed by atoms with Crippen molar-refractivity contribution in [1.82, 2.24) is 29.5 Å². The molecule has 0 saturated carbocycles. The molecule has 230 valence electrons. The molecule has 0 unspecified atom stereocenters. The van der Waals surface area contributed by atoms with Crippen LogP contribution in [0.15, 0.2) is 48.9 Å². The maximum absolute atomic E-state index is 14.8. The first-order valence-electron chi connectivity index (χ1n) is 13.8. The second-order valence-corrected chi connectivity index (χ2v) is 10.8. The molecule has 11 nitrogen and oxygen atoms in total. The maximum Gasteiger partial charge on any atom is 0.255 e. The molecular formula is C29H27ClF3N7O4. The Kier molecular flexibility index (Phi) is 8.29. The van der Waals surface area contributed by atoms with Gasteiger partial charge in [-0.25, -0.2) is 18.7 Å². The Morgan fingerprint density at radius 3 is 2.57 bits per heavy atom. The third-order valence-corrected chi connectivity index (χ3v) is 8.02. The molecule has 2 saturated heterocycles. The normalized spacial score (nSPS) is 18.6. The Morgan fingerprint density at radius 1 is 1.09 bits per heavy atom. The number of benzene rings is 2. The van der Waals surface area contributed by atoms with Gasteiger partial charge in [0.2, 0.25) is 18.6 Å². The molecule has 2 aliphatic heterocycles. The molecule has 2 amide bonds. The number of nitrogens with zero attached hydrogens (tertiary/aromatic N) is 5. The summed E-state index contributed by atoms with van der Waals surface area (Å²) < 4.78 is 47.7. The summed E-state index contributed by atoms with van der Waals surface area (Å²) in [6, 6.07) is 6.81. The quantitative estimate of drug-likeness (QED) is 0.284. The van der Waals surface area contributed by atoms with Crippen molar-refractivity contribution in [3.8, 4) is 17.0 Å². The number of hydrogen-bond acceptors (Lipinski definition) is 8. The number of ether oxygens (including phenoxy) is 1. The fraction of sp³-hybridized carbons (Fsp3) is 0.310. The number of imidazole rings is 1. The van der Waals surface area contributed by atoms with E-state index in [-0.39, 0.29) is 33.9 Å². The Morgan fingerprint density at radius 2 is 1.86 bits per heavy atom. The van der Waals surface area contributed by atoms with E-state index in [1.807, 2.05) is 0 Å². The van der Waals surface area contributed by atoms with Crippen LogP contribution in [0.5, 0.6) is 5.75 Å². The fourth-order valence-electron chi connectivity index (χ4n) is 5.44. The molecule has 4 heterocycles. The van der Waals surface area contributed by atoms with Gasteiger partial charge in [-0.2, -0.15) is 4.39 Å². The molecule has 3 N–H and O–H groups in total. The molecule has 6 rings (SSSR count). The Balaban J connectivity index is 1.15. The number of aromatic nitrogens is 3. The molecule has 0 radical (unpaired) electrons. The summed E-state index contributed by atoms with van der Waals surface area (Å²) in [7, 11) is 0. The largest absolute Gasteiger partial charge is 0.460 e. The maximum atomic E-state index is 14.8. The van der Waals surface area contributed by atoms with Gasteiger partial charge in [0.05, 0.1) is 34.6 Å². The molecule has 4 aromatic rings. The van der Waals surface area contributed by atoms with Crippen LogP contribution < -0.4 is 15.4 Å². The van der Waals surface area contributed by atoms with Crippen LogP contribution in [-0.4, -0.2) is 92.8 Å². The number of anilines is 2. The fourth-order valence-corrected chi connectivity index (χ4v) is 5.70. The van der Waals surface area contributed by atoms with Gasteiger partial charge in [-0.3, -0.25) is 14.0 Å². The first-order valence-corrected chi connectivity index (χ1v) is 14.2. The van der Waals surface area contributed by atoms with Crippen LogP contribution in [0.1, 0.15) is 16.8 Å². The van der Waals surface area contributed by atoms with Crippen LogP contribution in [0.4, 0.5) is 24.7 Å². The summed E-state index contributed by atoms with van der Waals surface area (Å²) in [4.78, 5) is 37.9. The standard InChI is InChI=1S/C29H27ClF3N7O4/c30-20-11-16(1-2-18(20)28(42)38-7-9-39(10-8-38)29(43)21-12-17(41)13-35-21)37-26-27-36-14-22(40(27)6-5-34-26)19-3-4-23(44-15-31)25(33)24(19)32/h1-6,11,14,17,21,35,41H,7-10,12-13,15H2,(H,34,37)/t17-,21+/m1/s1. The molecule has 2 aromatic carbocycles. The summed E-state index contributed by atoms with van der Waals surface area (Å²) >= 11 is 6.52. The summed E-state index contributed by atoms with van der Waals surface area (Å²) in [6.07, 6.45) is 4.18. The van der Waals surface area contributed by atoms with Crippen molar-refractivity contribution in [2.24, 2.45) is 0 Å². The molecular weight excluding hydrogens is 603 g/mol. The van der Waals surface area contributed by atoms with E-state index in [4.69, 9.17) is 11.6 Å². The van der Waals surface area contributed by atoms with Crippen molar-refractivity contribution in [2.45, 2.75) is 18.6 Å². The zero-order valence-corrected chi connectivity index (χ0v) is 23.9. The van der Waals surface area contributed by atoms with E-state index in [2.05, 4.69) is 25.3 Å². The minimum Gasteiger partial charge on any atom is -0.460 e. The second-order valence-electron chi connectivity index (χ2n) is 10.4. The van der Waals surface area contributed by atoms with Crippen molar-refractivity contribution >= 4 is 40.6 Å². The smallest absolute Gasteiger partial charge is 0.255 e. The number of aliphatic hydroxyl groups is 1. The molecule has 44 heavy (non-hydrogen) atoms. The number of rotatable bonds is 7. The highest BCUT2D eigenvalue weighted by atomic mass is 35.5. The van der Waals surface area contributed by atoms with Crippen molar-refractivity contribution < 1.29 is 32.6 Å².